The first-order chi connectivity index (χ1) is 10.9. The molecule has 2 fully saturated rings. The van der Waals surface area contributed by atoms with Crippen molar-refractivity contribution in [2.75, 3.05) is 11.4 Å². The van der Waals surface area contributed by atoms with Gasteiger partial charge in [0, 0.05) is 17.8 Å². The summed E-state index contributed by atoms with van der Waals surface area (Å²) >= 11 is 0. The van der Waals surface area contributed by atoms with Crippen LogP contribution >= 0.6 is 0 Å². The first-order valence-corrected chi connectivity index (χ1v) is 7.18. The second-order valence-electron chi connectivity index (χ2n) is 6.02. The Morgan fingerprint density at radius 3 is 2.96 bits per heavy atom. The van der Waals surface area contributed by atoms with Crippen molar-refractivity contribution in [3.8, 4) is 0 Å². The fourth-order valence-corrected chi connectivity index (χ4v) is 3.81. The van der Waals surface area contributed by atoms with E-state index in [9.17, 15) is 19.9 Å². The quantitative estimate of drug-likeness (QED) is 0.509. The van der Waals surface area contributed by atoms with Crippen LogP contribution in [0.25, 0.3) is 0 Å². The maximum Gasteiger partial charge on any atom is 0.310 e. The second-order valence-corrected chi connectivity index (χ2v) is 6.02. The number of aliphatic carboxylic acids is 1. The minimum absolute atomic E-state index is 0.0698. The molecule has 0 aliphatic carbocycles. The monoisotopic (exact) mass is 318 g/mol. The third-order valence-electron chi connectivity index (χ3n) is 4.79. The van der Waals surface area contributed by atoms with E-state index >= 15 is 0 Å². The summed E-state index contributed by atoms with van der Waals surface area (Å²) < 4.78 is 5.79. The highest BCUT2D eigenvalue weighted by molar-refractivity contribution is 6.02. The number of fused-ring (bicyclic) bond motifs is 1. The Morgan fingerprint density at radius 1 is 1.48 bits per heavy atom. The number of carboxylic acids is 1. The van der Waals surface area contributed by atoms with Crippen molar-refractivity contribution in [1.82, 2.24) is 0 Å². The van der Waals surface area contributed by atoms with Crippen LogP contribution in [-0.2, 0) is 14.3 Å². The maximum absolute atomic E-state index is 12.8. The van der Waals surface area contributed by atoms with Gasteiger partial charge < -0.3 is 20.0 Å². The Labute approximate surface area is 130 Å². The van der Waals surface area contributed by atoms with Crippen LogP contribution < -0.4 is 10.1 Å². The lowest BCUT2D eigenvalue weighted by Crippen LogP contribution is -2.99. The van der Waals surface area contributed by atoms with Crippen LogP contribution in [-0.4, -0.2) is 40.4 Å². The van der Waals surface area contributed by atoms with Gasteiger partial charge in [-0.1, -0.05) is 18.2 Å². The molecule has 1 aromatic carbocycles. The highest BCUT2D eigenvalue weighted by atomic mass is 16.8. The topological polar surface area (TPSA) is 115 Å². The predicted molar refractivity (Wildman–Crippen MR) is 75.9 cm³/mol. The van der Waals surface area contributed by atoms with Crippen LogP contribution in [0.2, 0.25) is 0 Å². The molecule has 3 aliphatic rings. The number of hydrogen-bond donors (Lipinski definition) is 3. The number of amides is 1. The van der Waals surface area contributed by atoms with E-state index in [1.165, 1.54) is 17.0 Å². The number of benzene rings is 1. The summed E-state index contributed by atoms with van der Waals surface area (Å²) in [7, 11) is 0. The number of rotatable bonds is 3. The molecule has 1 aromatic rings. The van der Waals surface area contributed by atoms with Gasteiger partial charge in [-0.25, -0.2) is 5.21 Å². The molecule has 3 N–H and O–H groups in total. The summed E-state index contributed by atoms with van der Waals surface area (Å²) in [5, 5.41) is 28.5. The molecule has 8 heteroatoms. The third kappa shape index (κ3) is 1.86. The molecule has 8 nitrogen and oxygen atoms in total. The van der Waals surface area contributed by atoms with Crippen molar-refractivity contribution in [2.24, 2.45) is 11.8 Å². The second kappa shape index (κ2) is 4.62. The van der Waals surface area contributed by atoms with E-state index in [0.717, 1.165) is 0 Å². The van der Waals surface area contributed by atoms with E-state index in [0.29, 0.717) is 5.69 Å². The van der Waals surface area contributed by atoms with E-state index in [4.69, 9.17) is 9.94 Å². The van der Waals surface area contributed by atoms with Gasteiger partial charge in [-0.05, 0) is 6.07 Å². The third-order valence-corrected chi connectivity index (χ3v) is 4.79. The lowest BCUT2D eigenvalue weighted by atomic mass is 9.77. The Kier molecular flexibility index (Phi) is 2.88. The van der Waals surface area contributed by atoms with E-state index in [2.05, 4.69) is 0 Å². The number of hydrogen-bond acceptors (Lipinski definition) is 5. The Balaban J connectivity index is 1.72. The molecule has 2 saturated heterocycles. The van der Waals surface area contributed by atoms with Gasteiger partial charge in [-0.3, -0.25) is 9.59 Å². The van der Waals surface area contributed by atoms with Gasteiger partial charge in [-0.15, -0.1) is 0 Å². The average molecular weight is 318 g/mol. The predicted octanol–water partition coefficient (Wildman–Crippen LogP) is -0.539. The zero-order valence-corrected chi connectivity index (χ0v) is 11.9. The molecule has 1 spiro atoms. The highest BCUT2D eigenvalue weighted by Gasteiger charge is 2.67. The number of quaternary nitrogens is 1. The Hall–Kier alpha value is -2.26. The number of nitrogens with zero attached hydrogens (tertiary/aromatic N) is 1. The molecule has 1 unspecified atom stereocenters. The SMILES string of the molecule is O=C(O)[C@@H]1[C@H]2C(=O)N(c3cccc([NH+]([O-])O)c3)C[C@]23C=C[C@H]1O3. The molecule has 5 atom stereocenters. The number of anilines is 1. The summed E-state index contributed by atoms with van der Waals surface area (Å²) in [5.41, 5.74) is -0.423. The van der Waals surface area contributed by atoms with Crippen molar-refractivity contribution < 1.29 is 29.9 Å². The summed E-state index contributed by atoms with van der Waals surface area (Å²) in [6.45, 7) is 0.191. The fourth-order valence-electron chi connectivity index (χ4n) is 3.81. The van der Waals surface area contributed by atoms with Crippen LogP contribution in [0.4, 0.5) is 11.4 Å². The fraction of sp³-hybridized carbons (Fsp3) is 0.333. The lowest BCUT2D eigenvalue weighted by Gasteiger charge is -2.22. The molecule has 120 valence electrons. The summed E-state index contributed by atoms with van der Waals surface area (Å²) in [6, 6.07) is 6.03. The molecule has 0 saturated carbocycles. The molecular formula is C15H14N2O6. The zero-order valence-electron chi connectivity index (χ0n) is 11.9. The first-order valence-electron chi connectivity index (χ1n) is 7.18. The number of carbonyl (C=O) groups is 2. The van der Waals surface area contributed by atoms with Gasteiger partial charge in [0.25, 0.3) is 0 Å². The Bertz CT molecular complexity index is 732. The van der Waals surface area contributed by atoms with E-state index in [1.807, 2.05) is 0 Å². The summed E-state index contributed by atoms with van der Waals surface area (Å²) in [6.07, 6.45) is 2.88. The van der Waals surface area contributed by atoms with Gasteiger partial charge in [0.1, 0.15) is 11.5 Å². The van der Waals surface area contributed by atoms with Gasteiger partial charge in [-0.2, -0.15) is 5.23 Å². The summed E-state index contributed by atoms with van der Waals surface area (Å²) in [5.74, 6) is -3.07. The van der Waals surface area contributed by atoms with E-state index in [1.54, 1.807) is 24.3 Å². The van der Waals surface area contributed by atoms with Gasteiger partial charge >= 0.3 is 5.97 Å². The van der Waals surface area contributed by atoms with Crippen LogP contribution in [0.15, 0.2) is 36.4 Å². The van der Waals surface area contributed by atoms with Gasteiger partial charge in [0.2, 0.25) is 5.91 Å². The van der Waals surface area contributed by atoms with E-state index in [-0.39, 0.29) is 18.1 Å². The molecular weight excluding hydrogens is 304 g/mol. The number of nitrogens with one attached hydrogen (secondary N) is 1. The molecule has 1 amide bonds. The number of carboxylic acid groups (broad SMARTS) is 1. The smallest absolute Gasteiger partial charge is 0.310 e. The number of ether oxygens (including phenoxy) is 1. The highest BCUT2D eigenvalue weighted by Crippen LogP contribution is 2.52. The standard InChI is InChI=1S/C15H14N2O6/c18-13-12-11(14(19)20)10-4-5-15(12,23-10)7-16(13)8-2-1-3-9(6-8)17(21)22/h1-6,10-12,17,21H,7H2,(H,19,20)/t10-,11+,12+,15-/m1/s1. The molecule has 0 aromatic heterocycles. The molecule has 0 radical (unpaired) electrons. The lowest BCUT2D eigenvalue weighted by molar-refractivity contribution is -0.991. The molecule has 3 heterocycles. The molecule has 2 bridgehead atoms. The molecule has 23 heavy (non-hydrogen) atoms. The average Bonchev–Trinajstić information content (AvgIpc) is 3.15. The van der Waals surface area contributed by atoms with Crippen LogP contribution in [0.3, 0.4) is 0 Å². The van der Waals surface area contributed by atoms with E-state index < -0.39 is 34.7 Å². The normalized spacial score (nSPS) is 35.7. The van der Waals surface area contributed by atoms with Crippen LogP contribution in [0.5, 0.6) is 0 Å². The van der Waals surface area contributed by atoms with Crippen molar-refractivity contribution in [1.29, 1.82) is 0 Å². The first kappa shape index (κ1) is 14.3. The Morgan fingerprint density at radius 2 is 2.26 bits per heavy atom. The van der Waals surface area contributed by atoms with Crippen LogP contribution in [0.1, 0.15) is 0 Å². The molecule has 4 rings (SSSR count). The number of carbonyl (C=O) groups excluding carboxylic acids is 1. The van der Waals surface area contributed by atoms with Crippen molar-refractivity contribution in [2.45, 2.75) is 11.7 Å². The molecule has 3 aliphatic heterocycles. The zero-order chi connectivity index (χ0) is 16.4. The van der Waals surface area contributed by atoms with Gasteiger partial charge in [0.05, 0.1) is 18.6 Å². The van der Waals surface area contributed by atoms with Crippen molar-refractivity contribution in [3.63, 3.8) is 0 Å². The minimum atomic E-state index is -1.09. The largest absolute Gasteiger partial charge is 0.595 e. The van der Waals surface area contributed by atoms with Crippen molar-refractivity contribution >= 4 is 23.3 Å². The van der Waals surface area contributed by atoms with Crippen molar-refractivity contribution in [3.05, 3.63) is 41.6 Å². The van der Waals surface area contributed by atoms with Crippen LogP contribution in [0, 0.1) is 17.0 Å². The minimum Gasteiger partial charge on any atom is -0.595 e. The maximum atomic E-state index is 12.8. The van der Waals surface area contributed by atoms with Gasteiger partial charge in [0.15, 0.2) is 5.69 Å². The summed E-state index contributed by atoms with van der Waals surface area (Å²) in [4.78, 5) is 25.7.